The summed E-state index contributed by atoms with van der Waals surface area (Å²) >= 11 is -2.81. The quantitative estimate of drug-likeness (QED) is 0.778. The second-order valence-electron chi connectivity index (χ2n) is 7.34. The fraction of sp³-hybridized carbons (Fsp3) is 0.692. The molecule has 0 heterocycles. The van der Waals surface area contributed by atoms with Gasteiger partial charge >= 0.3 is 104 Å². The zero-order chi connectivity index (χ0) is 12.6. The fourth-order valence-electron chi connectivity index (χ4n) is 2.77. The Hall–Kier alpha value is 0.540. The molecule has 0 fully saturated rings. The first-order valence-electron chi connectivity index (χ1n) is 6.41. The van der Waals surface area contributed by atoms with Crippen LogP contribution in [0.15, 0.2) is 21.5 Å². The zero-order valence-corrected chi connectivity index (χ0v) is 15.6. The molecule has 0 unspecified atom stereocenters. The minimum absolute atomic E-state index is 0.246. The third-order valence-electron chi connectivity index (χ3n) is 4.25. The Morgan fingerprint density at radius 1 is 1.25 bits per heavy atom. The van der Waals surface area contributed by atoms with E-state index < -0.39 is 24.2 Å². The van der Waals surface area contributed by atoms with Crippen LogP contribution < -0.4 is 3.26 Å². The summed E-state index contributed by atoms with van der Waals surface area (Å²) in [5, 5.41) is 0. The standard InChI is InChI=1S/C5H5.C4H10N.C2H7Si.2CH3.Zr/c1-2-4-5-3-1;1-4(2,3)5;1-3-2;;;/h1-3H,4H2;5H,1-3H3;3H,1-2H3;2*1H3;/q;-1;;;;+1. The molecule has 1 aliphatic rings. The number of hydrogen-bond acceptors (Lipinski definition) is 1. The van der Waals surface area contributed by atoms with Gasteiger partial charge in [0.05, 0.1) is 0 Å². The average molecular weight is 318 g/mol. The van der Waals surface area contributed by atoms with Crippen molar-refractivity contribution in [3.8, 4) is 0 Å². The van der Waals surface area contributed by atoms with Crippen molar-refractivity contribution < 1.29 is 18.2 Å². The summed E-state index contributed by atoms with van der Waals surface area (Å²) in [6.07, 6.45) is 8.16. The Balaban J connectivity index is 3.13. The van der Waals surface area contributed by atoms with Gasteiger partial charge in [-0.05, 0) is 0 Å². The molecule has 16 heavy (non-hydrogen) atoms. The van der Waals surface area contributed by atoms with E-state index in [1.54, 1.807) is 3.28 Å². The molecule has 0 saturated heterocycles. The van der Waals surface area contributed by atoms with Gasteiger partial charge in [0.1, 0.15) is 0 Å². The summed E-state index contributed by atoms with van der Waals surface area (Å²) in [5.74, 6) is -0.678. The normalized spacial score (nSPS) is 19.8. The molecule has 1 aliphatic carbocycles. The monoisotopic (exact) mass is 316 g/mol. The van der Waals surface area contributed by atoms with Crippen molar-refractivity contribution in [1.82, 2.24) is 3.26 Å². The molecule has 0 amide bonds. The first-order chi connectivity index (χ1) is 7.05. The Morgan fingerprint density at radius 3 is 2.12 bits per heavy atom. The first kappa shape index (κ1) is 14.6. The summed E-state index contributed by atoms with van der Waals surface area (Å²) < 4.78 is 11.1. The van der Waals surface area contributed by atoms with Crippen LogP contribution in [0.3, 0.4) is 0 Å². The summed E-state index contributed by atoms with van der Waals surface area (Å²) in [4.78, 5) is 0. The second-order valence-corrected chi connectivity index (χ2v) is 42.9. The molecule has 0 aromatic heterocycles. The molecule has 0 bridgehead atoms. The van der Waals surface area contributed by atoms with Crippen molar-refractivity contribution >= 4 is 5.92 Å². The van der Waals surface area contributed by atoms with Gasteiger partial charge in [-0.25, -0.2) is 0 Å². The van der Waals surface area contributed by atoms with Gasteiger partial charge < -0.3 is 0 Å². The summed E-state index contributed by atoms with van der Waals surface area (Å²) in [7, 11) is 0. The van der Waals surface area contributed by atoms with E-state index in [1.807, 2.05) is 0 Å². The van der Waals surface area contributed by atoms with Gasteiger partial charge in [-0.15, -0.1) is 0 Å². The third kappa shape index (κ3) is 2.86. The van der Waals surface area contributed by atoms with Crippen LogP contribution in [0.1, 0.15) is 27.2 Å². The molecule has 1 nitrogen and oxygen atoms in total. The van der Waals surface area contributed by atoms with E-state index >= 15 is 0 Å². The molecule has 0 atom stereocenters. The van der Waals surface area contributed by atoms with E-state index in [4.69, 9.17) is 0 Å². The van der Waals surface area contributed by atoms with Gasteiger partial charge in [-0.2, -0.15) is 0 Å². The molecule has 0 radical (unpaired) electrons. The van der Waals surface area contributed by atoms with Gasteiger partial charge in [0, 0.05) is 0 Å². The molecular formula is C13H28NSiZr. The van der Waals surface area contributed by atoms with E-state index in [0.29, 0.717) is 0 Å². The SMILES string of the molecule is C[SiH](C)[Zr]([CH3])([CH3])([NH]C(C)(C)C)[C]1=CC=CC1. The molecule has 3 heteroatoms. The zero-order valence-electron chi connectivity index (χ0n) is 12.0. The van der Waals surface area contributed by atoms with Crippen LogP contribution in [-0.2, 0) is 18.2 Å². The molecule has 0 spiro atoms. The molecule has 0 aromatic carbocycles. The predicted molar refractivity (Wildman–Crippen MR) is 75.3 cm³/mol. The van der Waals surface area contributed by atoms with E-state index in [-0.39, 0.29) is 5.54 Å². The van der Waals surface area contributed by atoms with E-state index in [9.17, 15) is 0 Å². The maximum absolute atomic E-state index is 4.11. The van der Waals surface area contributed by atoms with Gasteiger partial charge in [0.25, 0.3) is 0 Å². The average Bonchev–Trinajstić information content (AvgIpc) is 2.50. The Bertz CT molecular complexity index is 334. The van der Waals surface area contributed by atoms with Gasteiger partial charge in [0.2, 0.25) is 0 Å². The molecular weight excluding hydrogens is 289 g/mol. The number of nitrogens with one attached hydrogen (secondary N) is 1. The molecule has 0 aromatic rings. The number of rotatable bonds is 3. The fourth-order valence-corrected chi connectivity index (χ4v) is 24.6. The molecule has 1 rings (SSSR count). The van der Waals surface area contributed by atoms with Crippen molar-refractivity contribution in [3.63, 3.8) is 0 Å². The maximum atomic E-state index is 4.11. The van der Waals surface area contributed by atoms with Crippen LogP contribution in [-0.4, -0.2) is 11.5 Å². The van der Waals surface area contributed by atoms with E-state index in [2.05, 4.69) is 64.6 Å². The summed E-state index contributed by atoms with van der Waals surface area (Å²) in [5.41, 5.74) is 0.246. The Kier molecular flexibility index (Phi) is 3.95. The van der Waals surface area contributed by atoms with Crippen molar-refractivity contribution in [2.24, 2.45) is 0 Å². The topological polar surface area (TPSA) is 12.0 Å². The van der Waals surface area contributed by atoms with Crippen LogP contribution in [0.5, 0.6) is 0 Å². The van der Waals surface area contributed by atoms with Gasteiger partial charge in [-0.1, -0.05) is 0 Å². The van der Waals surface area contributed by atoms with Crippen molar-refractivity contribution in [1.29, 1.82) is 0 Å². The predicted octanol–water partition coefficient (Wildman–Crippen LogP) is 3.90. The first-order valence-corrected chi connectivity index (χ1v) is 20.9. The van der Waals surface area contributed by atoms with Crippen LogP contribution in [0.25, 0.3) is 0 Å². The van der Waals surface area contributed by atoms with E-state index in [0.717, 1.165) is 0 Å². The third-order valence-corrected chi connectivity index (χ3v) is 45.8. The van der Waals surface area contributed by atoms with Crippen molar-refractivity contribution in [2.45, 2.75) is 55.1 Å². The number of hydrogen-bond donors (Lipinski definition) is 1. The molecule has 0 aliphatic heterocycles. The summed E-state index contributed by atoms with van der Waals surface area (Å²) in [6, 6.07) is 0. The minimum atomic E-state index is -2.81. The second kappa shape index (κ2) is 4.33. The summed E-state index contributed by atoms with van der Waals surface area (Å²) in [6.45, 7) is 12.0. The van der Waals surface area contributed by atoms with Gasteiger partial charge in [0.15, 0.2) is 0 Å². The van der Waals surface area contributed by atoms with Crippen LogP contribution in [0.2, 0.25) is 22.4 Å². The number of allylic oxidation sites excluding steroid dienone is 4. The Labute approximate surface area is 103 Å². The molecule has 0 saturated carbocycles. The van der Waals surface area contributed by atoms with Crippen LogP contribution in [0, 0.1) is 0 Å². The molecule has 93 valence electrons. The van der Waals surface area contributed by atoms with E-state index in [1.165, 1.54) is 6.42 Å². The molecule has 1 N–H and O–H groups in total. The Morgan fingerprint density at radius 2 is 1.81 bits per heavy atom. The van der Waals surface area contributed by atoms with Crippen molar-refractivity contribution in [2.75, 3.05) is 0 Å². The van der Waals surface area contributed by atoms with Crippen LogP contribution in [0.4, 0.5) is 0 Å². The van der Waals surface area contributed by atoms with Crippen molar-refractivity contribution in [3.05, 3.63) is 21.5 Å². The van der Waals surface area contributed by atoms with Gasteiger partial charge in [-0.3, -0.25) is 0 Å². The van der Waals surface area contributed by atoms with Crippen LogP contribution >= 0.6 is 0 Å².